The van der Waals surface area contributed by atoms with Crippen molar-refractivity contribution in [2.24, 2.45) is 0 Å². The average molecular weight is 622 g/mol. The van der Waals surface area contributed by atoms with E-state index in [2.05, 4.69) is 37.1 Å². The Morgan fingerprint density at radius 1 is 0.956 bits per heavy atom. The summed E-state index contributed by atoms with van der Waals surface area (Å²) < 4.78 is 25.7. The Morgan fingerprint density at radius 2 is 1.71 bits per heavy atom. The van der Waals surface area contributed by atoms with E-state index in [-0.39, 0.29) is 12.6 Å². The van der Waals surface area contributed by atoms with Crippen LogP contribution < -0.4 is 24.4 Å². The number of hydrogen-bond acceptors (Lipinski definition) is 12. The number of methoxy groups -OCH3 is 4. The molecule has 2 saturated heterocycles. The number of nitrogens with zero attached hydrogens (tertiary/aromatic N) is 8. The van der Waals surface area contributed by atoms with Crippen LogP contribution in [0.3, 0.4) is 0 Å². The highest BCUT2D eigenvalue weighted by atomic mass is 16.5. The Bertz CT molecular complexity index is 1560. The minimum atomic E-state index is -0.00580. The molecule has 2 aliphatic rings. The van der Waals surface area contributed by atoms with Gasteiger partial charge in [0.05, 0.1) is 58.2 Å². The molecule has 0 aliphatic carbocycles. The molecule has 0 radical (unpaired) electrons. The van der Waals surface area contributed by atoms with Crippen molar-refractivity contribution in [2.45, 2.75) is 25.4 Å². The van der Waals surface area contributed by atoms with Gasteiger partial charge in [0.2, 0.25) is 11.7 Å². The SMILES string of the molecule is COCCN1CCN(Cc2ccc3c(Nc4cn(-c5cc(OC)c(OC)c(OC)c5)cn4)nc(N4CCC[C@H]4CO)nn23)CC1. The number of ether oxygens (including phenoxy) is 4. The van der Waals surface area contributed by atoms with E-state index in [1.165, 1.54) is 0 Å². The molecule has 14 heteroatoms. The first-order valence-corrected chi connectivity index (χ1v) is 15.4. The monoisotopic (exact) mass is 621 g/mol. The molecule has 4 aromatic rings. The van der Waals surface area contributed by atoms with Crippen LogP contribution in [0.15, 0.2) is 36.8 Å². The summed E-state index contributed by atoms with van der Waals surface area (Å²) in [7, 11) is 6.52. The van der Waals surface area contributed by atoms with Gasteiger partial charge in [0, 0.05) is 65.1 Å². The summed E-state index contributed by atoms with van der Waals surface area (Å²) in [5.74, 6) is 3.49. The highest BCUT2D eigenvalue weighted by Gasteiger charge is 2.28. The molecule has 242 valence electrons. The number of imidazole rings is 1. The standard InChI is InChI=1S/C31H43N9O5/c1-42-15-14-36-10-12-37(13-11-36)18-22-7-8-25-30(34-31(35-40(22)25)39-9-5-6-23(39)20-41)33-28-19-38(21-32-28)24-16-26(43-2)29(45-4)27(17-24)44-3/h7-8,16-17,19,21,23,41H,5-6,9-15,18,20H2,1-4H3,(H,33,34,35)/t23-/m0/s1. The molecule has 2 N–H and O–H groups in total. The van der Waals surface area contributed by atoms with E-state index in [1.54, 1.807) is 34.8 Å². The van der Waals surface area contributed by atoms with Gasteiger partial charge in [-0.05, 0) is 25.0 Å². The molecule has 6 rings (SSSR count). The Hall–Kier alpha value is -4.11. The molecule has 1 aromatic carbocycles. The van der Waals surface area contributed by atoms with Crippen molar-refractivity contribution in [3.8, 4) is 22.9 Å². The smallest absolute Gasteiger partial charge is 0.245 e. The summed E-state index contributed by atoms with van der Waals surface area (Å²) in [5.41, 5.74) is 2.74. The van der Waals surface area contributed by atoms with Crippen molar-refractivity contribution in [3.63, 3.8) is 0 Å². The number of aliphatic hydroxyl groups excluding tert-OH is 1. The summed E-state index contributed by atoms with van der Waals surface area (Å²) in [5, 5.41) is 18.5. The molecule has 5 heterocycles. The maximum absolute atomic E-state index is 10.1. The maximum Gasteiger partial charge on any atom is 0.245 e. The third-order valence-electron chi connectivity index (χ3n) is 8.66. The van der Waals surface area contributed by atoms with Crippen LogP contribution in [-0.4, -0.2) is 126 Å². The van der Waals surface area contributed by atoms with E-state index in [0.717, 1.165) is 82.2 Å². The van der Waals surface area contributed by atoms with Gasteiger partial charge in [0.1, 0.15) is 17.7 Å². The molecule has 0 amide bonds. The summed E-state index contributed by atoms with van der Waals surface area (Å²) in [4.78, 5) is 16.6. The molecular formula is C31H43N9O5. The van der Waals surface area contributed by atoms with Gasteiger partial charge in [0.15, 0.2) is 17.3 Å². The zero-order valence-electron chi connectivity index (χ0n) is 26.5. The Morgan fingerprint density at radius 3 is 2.40 bits per heavy atom. The molecule has 1 atom stereocenters. The Kier molecular flexibility index (Phi) is 9.54. The van der Waals surface area contributed by atoms with Crippen LogP contribution in [0.2, 0.25) is 0 Å². The minimum Gasteiger partial charge on any atom is -0.493 e. The Labute approximate surface area is 263 Å². The fourth-order valence-corrected chi connectivity index (χ4v) is 6.15. The molecule has 0 bridgehead atoms. The van der Waals surface area contributed by atoms with Gasteiger partial charge in [-0.25, -0.2) is 9.50 Å². The number of anilines is 3. The predicted molar refractivity (Wildman–Crippen MR) is 171 cm³/mol. The van der Waals surface area contributed by atoms with Crippen LogP contribution >= 0.6 is 0 Å². The van der Waals surface area contributed by atoms with Crippen molar-refractivity contribution >= 4 is 23.1 Å². The van der Waals surface area contributed by atoms with Gasteiger partial charge in [-0.3, -0.25) is 9.80 Å². The van der Waals surface area contributed by atoms with Crippen molar-refractivity contribution < 1.29 is 24.1 Å². The van der Waals surface area contributed by atoms with Gasteiger partial charge in [-0.15, -0.1) is 5.10 Å². The largest absolute Gasteiger partial charge is 0.493 e. The van der Waals surface area contributed by atoms with Gasteiger partial charge in [0.25, 0.3) is 0 Å². The second-order valence-corrected chi connectivity index (χ2v) is 11.3. The number of benzene rings is 1. The average Bonchev–Trinajstić information content (AvgIpc) is 3.84. The maximum atomic E-state index is 10.1. The molecule has 45 heavy (non-hydrogen) atoms. The predicted octanol–water partition coefficient (Wildman–Crippen LogP) is 2.41. The second kappa shape index (κ2) is 13.9. The van der Waals surface area contributed by atoms with E-state index in [1.807, 2.05) is 27.4 Å². The van der Waals surface area contributed by atoms with Crippen molar-refractivity contribution in [3.05, 3.63) is 42.5 Å². The van der Waals surface area contributed by atoms with Crippen LogP contribution in [0, 0.1) is 0 Å². The summed E-state index contributed by atoms with van der Waals surface area (Å²) in [6.45, 7) is 7.35. The normalized spacial score (nSPS) is 17.7. The summed E-state index contributed by atoms with van der Waals surface area (Å²) in [6, 6.07) is 7.91. The van der Waals surface area contributed by atoms with E-state index >= 15 is 0 Å². The first-order valence-electron chi connectivity index (χ1n) is 15.4. The summed E-state index contributed by atoms with van der Waals surface area (Å²) >= 11 is 0. The fourth-order valence-electron chi connectivity index (χ4n) is 6.15. The highest BCUT2D eigenvalue weighted by Crippen LogP contribution is 2.39. The van der Waals surface area contributed by atoms with Crippen LogP contribution in [0.5, 0.6) is 17.2 Å². The molecule has 0 saturated carbocycles. The van der Waals surface area contributed by atoms with Crippen LogP contribution in [-0.2, 0) is 11.3 Å². The molecule has 3 aromatic heterocycles. The van der Waals surface area contributed by atoms with E-state index in [9.17, 15) is 5.11 Å². The molecule has 2 aliphatic heterocycles. The quantitative estimate of drug-likeness (QED) is 0.228. The van der Waals surface area contributed by atoms with Gasteiger partial charge in [-0.1, -0.05) is 0 Å². The van der Waals surface area contributed by atoms with Gasteiger partial charge >= 0.3 is 0 Å². The molecule has 0 spiro atoms. The fraction of sp³-hybridized carbons (Fsp3) is 0.516. The second-order valence-electron chi connectivity index (χ2n) is 11.3. The minimum absolute atomic E-state index is 0.00580. The lowest BCUT2D eigenvalue weighted by atomic mass is 10.2. The number of aromatic nitrogens is 5. The zero-order chi connectivity index (χ0) is 31.3. The first kappa shape index (κ1) is 30.9. The zero-order valence-corrected chi connectivity index (χ0v) is 26.5. The number of hydrogen-bond donors (Lipinski definition) is 2. The molecule has 2 fully saturated rings. The van der Waals surface area contributed by atoms with Crippen molar-refractivity contribution in [1.29, 1.82) is 0 Å². The number of fused-ring (bicyclic) bond motifs is 1. The molecule has 14 nitrogen and oxygen atoms in total. The van der Waals surface area contributed by atoms with Crippen LogP contribution in [0.1, 0.15) is 18.5 Å². The Balaban J connectivity index is 1.29. The number of nitrogens with one attached hydrogen (secondary N) is 1. The summed E-state index contributed by atoms with van der Waals surface area (Å²) in [6.07, 6.45) is 5.50. The van der Waals surface area contributed by atoms with E-state index in [0.29, 0.717) is 34.8 Å². The van der Waals surface area contributed by atoms with E-state index < -0.39 is 0 Å². The lowest BCUT2D eigenvalue weighted by Crippen LogP contribution is -2.46. The number of aliphatic hydroxyl groups is 1. The molecule has 0 unspecified atom stereocenters. The number of rotatable bonds is 13. The first-order chi connectivity index (χ1) is 22.0. The van der Waals surface area contributed by atoms with Crippen LogP contribution in [0.4, 0.5) is 17.6 Å². The van der Waals surface area contributed by atoms with E-state index in [4.69, 9.17) is 29.0 Å². The van der Waals surface area contributed by atoms with Gasteiger partial charge < -0.3 is 38.8 Å². The molecular weight excluding hydrogens is 578 g/mol. The lowest BCUT2D eigenvalue weighted by molar-refractivity contribution is 0.0930. The van der Waals surface area contributed by atoms with Crippen molar-refractivity contribution in [1.82, 2.24) is 33.9 Å². The van der Waals surface area contributed by atoms with Crippen molar-refractivity contribution in [2.75, 3.05) is 91.1 Å². The lowest BCUT2D eigenvalue weighted by Gasteiger charge is -2.34. The van der Waals surface area contributed by atoms with Gasteiger partial charge in [-0.2, -0.15) is 4.98 Å². The number of piperazine rings is 1. The highest BCUT2D eigenvalue weighted by molar-refractivity contribution is 5.74. The van der Waals surface area contributed by atoms with Crippen LogP contribution in [0.25, 0.3) is 11.2 Å². The third kappa shape index (κ3) is 6.50. The third-order valence-corrected chi connectivity index (χ3v) is 8.66. The topological polar surface area (TPSA) is 127 Å².